The molecule has 1 aliphatic heterocycles. The summed E-state index contributed by atoms with van der Waals surface area (Å²) in [7, 11) is 0. The normalized spacial score (nSPS) is 22.7. The first-order valence-corrected chi connectivity index (χ1v) is 4.84. The van der Waals surface area contributed by atoms with Crippen LogP contribution in [0.15, 0.2) is 12.2 Å². The van der Waals surface area contributed by atoms with E-state index in [1.54, 1.807) is 0 Å². The second kappa shape index (κ2) is 5.04. The Kier molecular flexibility index (Phi) is 4.28. The Hall–Kier alpha value is -0.198. The van der Waals surface area contributed by atoms with Gasteiger partial charge in [0.1, 0.15) is 0 Å². The molecule has 0 unspecified atom stereocenters. The van der Waals surface area contributed by atoms with Crippen molar-refractivity contribution in [3.8, 4) is 0 Å². The zero-order valence-electron chi connectivity index (χ0n) is 8.24. The van der Waals surface area contributed by atoms with Gasteiger partial charge in [0.15, 0.2) is 0 Å². The second-order valence-corrected chi connectivity index (χ2v) is 3.67. The van der Waals surface area contributed by atoms with Crippen LogP contribution >= 0.6 is 0 Å². The monoisotopic (exact) mass is 389 g/mol. The summed E-state index contributed by atoms with van der Waals surface area (Å²) < 4.78 is 0. The predicted octanol–water partition coefficient (Wildman–Crippen LogP) is 0.328. The van der Waals surface area contributed by atoms with Crippen molar-refractivity contribution in [2.45, 2.75) is 38.1 Å². The third kappa shape index (κ3) is 2.24. The molecule has 1 saturated carbocycles. The Balaban J connectivity index is 0.000000980. The van der Waals surface area contributed by atoms with Crippen molar-refractivity contribution in [1.82, 2.24) is 4.90 Å². The second-order valence-electron chi connectivity index (χ2n) is 3.67. The van der Waals surface area contributed by atoms with E-state index in [9.17, 15) is 9.59 Å². The van der Waals surface area contributed by atoms with Crippen molar-refractivity contribution in [3.63, 3.8) is 0 Å². The topological polar surface area (TPSA) is 37.4 Å². The Morgan fingerprint density at radius 3 is 2.00 bits per heavy atom. The summed E-state index contributed by atoms with van der Waals surface area (Å²) in [6, 6.07) is 0.170. The molecule has 0 aromatic rings. The van der Waals surface area contributed by atoms with Crippen molar-refractivity contribution in [3.05, 3.63) is 12.2 Å². The minimum atomic E-state index is -0.128. The van der Waals surface area contributed by atoms with E-state index in [1.165, 1.54) is 23.5 Å². The van der Waals surface area contributed by atoms with Gasteiger partial charge in [-0.2, -0.15) is 0 Å². The summed E-state index contributed by atoms with van der Waals surface area (Å²) in [6.45, 7) is 0. The molecule has 0 aromatic carbocycles. The molecule has 2 radical (unpaired) electrons. The third-order valence-electron chi connectivity index (χ3n) is 2.78. The van der Waals surface area contributed by atoms with Crippen LogP contribution in [0.25, 0.3) is 0 Å². The molecule has 2 rings (SSSR count). The SMILES string of the molecule is O=C1C=CC(=O)N1C1CCCCC1.[PbH2]. The summed E-state index contributed by atoms with van der Waals surface area (Å²) >= 11 is 0. The summed E-state index contributed by atoms with van der Waals surface area (Å²) in [5.41, 5.74) is 0. The fourth-order valence-corrected chi connectivity index (χ4v) is 2.11. The zero-order valence-corrected chi connectivity index (χ0v) is 13.7. The zero-order chi connectivity index (χ0) is 9.26. The standard InChI is InChI=1S/C10H13NO2.Pb.2H/c12-9-6-7-10(13)11(9)8-4-2-1-3-5-8;;;/h6-8H,1-5H2;;;. The molecule has 4 heteroatoms. The number of imide groups is 1. The van der Waals surface area contributed by atoms with Gasteiger partial charge in [0.05, 0.1) is 0 Å². The molecule has 2 amide bonds. The van der Waals surface area contributed by atoms with Gasteiger partial charge in [0.25, 0.3) is 11.8 Å². The number of hydrogen-bond acceptors (Lipinski definition) is 2. The van der Waals surface area contributed by atoms with Crippen molar-refractivity contribution in [2.24, 2.45) is 0 Å². The van der Waals surface area contributed by atoms with E-state index in [2.05, 4.69) is 0 Å². The third-order valence-corrected chi connectivity index (χ3v) is 2.78. The van der Waals surface area contributed by atoms with Crippen LogP contribution in [-0.2, 0) is 9.59 Å². The van der Waals surface area contributed by atoms with Crippen molar-refractivity contribution in [2.75, 3.05) is 0 Å². The van der Waals surface area contributed by atoms with E-state index >= 15 is 0 Å². The number of nitrogens with zero attached hydrogens (tertiary/aromatic N) is 1. The van der Waals surface area contributed by atoms with Crippen LogP contribution in [-0.4, -0.2) is 50.1 Å². The number of carbonyl (C=O) groups is 2. The van der Waals surface area contributed by atoms with E-state index in [1.807, 2.05) is 0 Å². The molecule has 1 heterocycles. The van der Waals surface area contributed by atoms with Gasteiger partial charge < -0.3 is 0 Å². The Bertz CT molecular complexity index is 251. The quantitative estimate of drug-likeness (QED) is 0.480. The van der Waals surface area contributed by atoms with Crippen LogP contribution in [0.3, 0.4) is 0 Å². The minimum absolute atomic E-state index is 0. The summed E-state index contributed by atoms with van der Waals surface area (Å²) in [4.78, 5) is 24.0. The van der Waals surface area contributed by atoms with Crippen molar-refractivity contribution in [1.29, 1.82) is 0 Å². The Labute approximate surface area is 104 Å². The van der Waals surface area contributed by atoms with E-state index in [4.69, 9.17) is 0 Å². The predicted molar refractivity (Wildman–Crippen MR) is 56.4 cm³/mol. The van der Waals surface area contributed by atoms with Crippen LogP contribution in [0.2, 0.25) is 0 Å². The number of amides is 2. The van der Waals surface area contributed by atoms with Crippen molar-refractivity contribution >= 4 is 39.1 Å². The molecule has 76 valence electrons. The molecule has 1 aliphatic carbocycles. The Morgan fingerprint density at radius 1 is 1.00 bits per heavy atom. The summed E-state index contributed by atoms with van der Waals surface area (Å²) in [6.07, 6.45) is 8.23. The van der Waals surface area contributed by atoms with E-state index < -0.39 is 0 Å². The molecule has 0 spiro atoms. The molecule has 0 bridgehead atoms. The molecule has 2 aliphatic rings. The fraction of sp³-hybridized carbons (Fsp3) is 0.600. The van der Waals surface area contributed by atoms with Gasteiger partial charge in [-0.05, 0) is 12.8 Å². The maximum atomic E-state index is 11.3. The first kappa shape index (κ1) is 11.9. The van der Waals surface area contributed by atoms with Crippen molar-refractivity contribution < 1.29 is 9.59 Å². The van der Waals surface area contributed by atoms with Gasteiger partial charge in [-0.3, -0.25) is 14.5 Å². The van der Waals surface area contributed by atoms with Crippen LogP contribution in [0.4, 0.5) is 0 Å². The van der Waals surface area contributed by atoms with Crippen LogP contribution < -0.4 is 0 Å². The molecule has 0 atom stereocenters. The molecule has 0 saturated heterocycles. The molecule has 3 nitrogen and oxygen atoms in total. The van der Waals surface area contributed by atoms with Gasteiger partial charge in [-0.25, -0.2) is 0 Å². The van der Waals surface area contributed by atoms with E-state index in [0.29, 0.717) is 0 Å². The van der Waals surface area contributed by atoms with Gasteiger partial charge >= 0.3 is 27.3 Å². The fourth-order valence-electron chi connectivity index (χ4n) is 2.11. The summed E-state index contributed by atoms with van der Waals surface area (Å²) in [5, 5.41) is 0. The average molecular weight is 388 g/mol. The van der Waals surface area contributed by atoms with Gasteiger partial charge in [0, 0.05) is 18.2 Å². The molecule has 0 N–H and O–H groups in total. The van der Waals surface area contributed by atoms with Crippen LogP contribution in [0, 0.1) is 0 Å². The van der Waals surface area contributed by atoms with Crippen LogP contribution in [0.5, 0.6) is 0 Å². The first-order chi connectivity index (χ1) is 6.29. The average Bonchev–Trinajstić information content (AvgIpc) is 2.48. The van der Waals surface area contributed by atoms with Gasteiger partial charge in [-0.1, -0.05) is 19.3 Å². The molecule has 14 heavy (non-hydrogen) atoms. The number of hydrogen-bond donors (Lipinski definition) is 0. The van der Waals surface area contributed by atoms with Crippen LogP contribution in [0.1, 0.15) is 32.1 Å². The maximum absolute atomic E-state index is 11.3. The molecular formula is C10H15NO2Pb. The molecule has 1 fully saturated rings. The number of rotatable bonds is 1. The first-order valence-electron chi connectivity index (χ1n) is 4.84. The van der Waals surface area contributed by atoms with E-state index in [0.717, 1.165) is 25.7 Å². The van der Waals surface area contributed by atoms with E-state index in [-0.39, 0.29) is 45.2 Å². The molecular weight excluding hydrogens is 373 g/mol. The summed E-state index contributed by atoms with van der Waals surface area (Å²) in [5.74, 6) is -0.256. The van der Waals surface area contributed by atoms with Gasteiger partial charge in [0.2, 0.25) is 0 Å². The Morgan fingerprint density at radius 2 is 1.50 bits per heavy atom. The van der Waals surface area contributed by atoms with Gasteiger partial charge in [-0.15, -0.1) is 0 Å². The number of carbonyl (C=O) groups excluding carboxylic acids is 2. The molecule has 0 aromatic heterocycles.